The van der Waals surface area contributed by atoms with Gasteiger partial charge in [0.2, 0.25) is 0 Å². The van der Waals surface area contributed by atoms with E-state index in [-0.39, 0.29) is 5.82 Å². The van der Waals surface area contributed by atoms with Crippen LogP contribution in [0.5, 0.6) is 0 Å². The largest absolute Gasteiger partial charge is 0.380 e. The van der Waals surface area contributed by atoms with E-state index in [0.717, 1.165) is 57.7 Å². The maximum atomic E-state index is 13.1. The Hall–Kier alpha value is -1.21. The maximum Gasteiger partial charge on any atom is 0.123 e. The molecule has 3 aliphatic rings. The minimum atomic E-state index is -0.158. The predicted molar refractivity (Wildman–Crippen MR) is 102 cm³/mol. The molecule has 0 spiro atoms. The quantitative estimate of drug-likeness (QED) is 0.787. The summed E-state index contributed by atoms with van der Waals surface area (Å²) >= 11 is 0. The zero-order valence-corrected chi connectivity index (χ0v) is 15.7. The van der Waals surface area contributed by atoms with Gasteiger partial charge in [-0.25, -0.2) is 4.39 Å². The predicted octanol–water partition coefficient (Wildman–Crippen LogP) is 1.35. The first kappa shape index (κ1) is 18.2. The lowest BCUT2D eigenvalue weighted by molar-refractivity contribution is 0.0247. The van der Waals surface area contributed by atoms with Crippen molar-refractivity contribution in [1.29, 1.82) is 0 Å². The molecule has 3 heterocycles. The number of piperazine rings is 1. The second-order valence-electron chi connectivity index (χ2n) is 7.72. The third kappa shape index (κ3) is 4.55. The van der Waals surface area contributed by atoms with Gasteiger partial charge in [0, 0.05) is 83.8 Å². The number of anilines is 1. The van der Waals surface area contributed by atoms with Gasteiger partial charge in [0.25, 0.3) is 0 Å². The minimum absolute atomic E-state index is 0.158. The van der Waals surface area contributed by atoms with Crippen LogP contribution in [0.3, 0.4) is 0 Å². The monoisotopic (exact) mass is 362 g/mol. The van der Waals surface area contributed by atoms with Gasteiger partial charge in [-0.3, -0.25) is 14.7 Å². The SMILES string of the molecule is Fc1ccc(N2CCN(C3CN(CCN4CCCOCC4)C3)CC2)cc1. The standard InChI is InChI=1S/C20H31FN4O/c21-18-2-4-19(5-3-18)24-9-11-25(12-10-24)20-16-23(17-20)8-7-22-6-1-14-26-15-13-22/h2-5,20H,1,6-17H2. The Morgan fingerprint density at radius 3 is 2.35 bits per heavy atom. The Balaban J connectivity index is 1.15. The van der Waals surface area contributed by atoms with Crippen LogP contribution in [0.1, 0.15) is 6.42 Å². The van der Waals surface area contributed by atoms with Crippen molar-refractivity contribution in [3.05, 3.63) is 30.1 Å². The summed E-state index contributed by atoms with van der Waals surface area (Å²) in [5, 5.41) is 0. The molecule has 1 aromatic rings. The van der Waals surface area contributed by atoms with Gasteiger partial charge in [0.1, 0.15) is 5.82 Å². The van der Waals surface area contributed by atoms with Crippen LogP contribution in [0, 0.1) is 5.82 Å². The van der Waals surface area contributed by atoms with Crippen molar-refractivity contribution in [3.8, 4) is 0 Å². The fourth-order valence-corrected chi connectivity index (χ4v) is 4.26. The molecule has 0 aliphatic carbocycles. The average Bonchev–Trinajstić information content (AvgIpc) is 2.90. The lowest BCUT2D eigenvalue weighted by Gasteiger charge is -2.49. The zero-order chi connectivity index (χ0) is 17.8. The van der Waals surface area contributed by atoms with E-state index in [1.54, 1.807) is 12.1 Å². The van der Waals surface area contributed by atoms with E-state index in [9.17, 15) is 4.39 Å². The molecule has 3 fully saturated rings. The van der Waals surface area contributed by atoms with Gasteiger partial charge in [0.15, 0.2) is 0 Å². The fraction of sp³-hybridized carbons (Fsp3) is 0.700. The topological polar surface area (TPSA) is 22.2 Å². The van der Waals surface area contributed by atoms with Crippen LogP contribution >= 0.6 is 0 Å². The van der Waals surface area contributed by atoms with Crippen molar-refractivity contribution in [2.75, 3.05) is 83.6 Å². The number of likely N-dealkylation sites (tertiary alicyclic amines) is 1. The van der Waals surface area contributed by atoms with Crippen molar-refractivity contribution >= 4 is 5.69 Å². The third-order valence-corrected chi connectivity index (χ3v) is 6.01. The van der Waals surface area contributed by atoms with E-state index < -0.39 is 0 Å². The number of halogens is 1. The Bertz CT molecular complexity index is 547. The number of ether oxygens (including phenoxy) is 1. The normalized spacial score (nSPS) is 24.4. The highest BCUT2D eigenvalue weighted by molar-refractivity contribution is 5.46. The molecule has 1 aromatic carbocycles. The van der Waals surface area contributed by atoms with Crippen LogP contribution in [0.4, 0.5) is 10.1 Å². The van der Waals surface area contributed by atoms with Gasteiger partial charge in [-0.1, -0.05) is 0 Å². The lowest BCUT2D eigenvalue weighted by atomic mass is 10.1. The summed E-state index contributed by atoms with van der Waals surface area (Å²) in [5.74, 6) is -0.158. The highest BCUT2D eigenvalue weighted by atomic mass is 19.1. The Morgan fingerprint density at radius 1 is 0.846 bits per heavy atom. The smallest absolute Gasteiger partial charge is 0.123 e. The minimum Gasteiger partial charge on any atom is -0.380 e. The van der Waals surface area contributed by atoms with E-state index in [4.69, 9.17) is 4.74 Å². The molecule has 3 aliphatic heterocycles. The molecular formula is C20H31FN4O. The van der Waals surface area contributed by atoms with E-state index in [2.05, 4.69) is 19.6 Å². The van der Waals surface area contributed by atoms with Crippen LogP contribution in [-0.4, -0.2) is 99.4 Å². The van der Waals surface area contributed by atoms with Gasteiger partial charge in [0.05, 0.1) is 6.61 Å². The number of nitrogens with zero attached hydrogens (tertiary/aromatic N) is 4. The second-order valence-corrected chi connectivity index (χ2v) is 7.72. The first-order valence-corrected chi connectivity index (χ1v) is 10.0. The number of rotatable bonds is 5. The van der Waals surface area contributed by atoms with Crippen LogP contribution in [0.15, 0.2) is 24.3 Å². The highest BCUT2D eigenvalue weighted by Crippen LogP contribution is 2.21. The van der Waals surface area contributed by atoms with E-state index >= 15 is 0 Å². The molecular weight excluding hydrogens is 331 g/mol. The Labute approximate surface area is 156 Å². The number of benzene rings is 1. The van der Waals surface area contributed by atoms with Gasteiger partial charge >= 0.3 is 0 Å². The van der Waals surface area contributed by atoms with Crippen molar-refractivity contribution in [2.24, 2.45) is 0 Å². The Morgan fingerprint density at radius 2 is 1.58 bits per heavy atom. The summed E-state index contributed by atoms with van der Waals surface area (Å²) in [4.78, 5) is 10.1. The van der Waals surface area contributed by atoms with Crippen molar-refractivity contribution in [1.82, 2.24) is 14.7 Å². The third-order valence-electron chi connectivity index (χ3n) is 6.01. The van der Waals surface area contributed by atoms with Crippen LogP contribution < -0.4 is 4.90 Å². The molecule has 0 saturated carbocycles. The first-order valence-electron chi connectivity index (χ1n) is 10.0. The molecule has 26 heavy (non-hydrogen) atoms. The molecule has 0 bridgehead atoms. The van der Waals surface area contributed by atoms with Gasteiger partial charge in [-0.15, -0.1) is 0 Å². The molecule has 0 N–H and O–H groups in total. The molecule has 4 rings (SSSR count). The molecule has 5 nitrogen and oxygen atoms in total. The van der Waals surface area contributed by atoms with Crippen LogP contribution in [-0.2, 0) is 4.74 Å². The van der Waals surface area contributed by atoms with Gasteiger partial charge in [-0.2, -0.15) is 0 Å². The molecule has 0 aromatic heterocycles. The van der Waals surface area contributed by atoms with Crippen molar-refractivity contribution < 1.29 is 9.13 Å². The number of hydrogen-bond acceptors (Lipinski definition) is 5. The molecule has 0 atom stereocenters. The Kier molecular flexibility index (Phi) is 6.05. The zero-order valence-electron chi connectivity index (χ0n) is 15.7. The van der Waals surface area contributed by atoms with Crippen molar-refractivity contribution in [3.63, 3.8) is 0 Å². The second kappa shape index (κ2) is 8.65. The molecule has 0 radical (unpaired) electrons. The van der Waals surface area contributed by atoms with E-state index in [1.807, 2.05) is 12.1 Å². The van der Waals surface area contributed by atoms with Crippen molar-refractivity contribution in [2.45, 2.75) is 12.5 Å². The lowest BCUT2D eigenvalue weighted by Crippen LogP contribution is -2.63. The summed E-state index contributed by atoms with van der Waals surface area (Å²) in [7, 11) is 0. The van der Waals surface area contributed by atoms with Crippen LogP contribution in [0.2, 0.25) is 0 Å². The molecule has 144 valence electrons. The summed E-state index contributed by atoms with van der Waals surface area (Å²) in [5.41, 5.74) is 1.14. The average molecular weight is 362 g/mol. The molecule has 0 amide bonds. The van der Waals surface area contributed by atoms with Gasteiger partial charge < -0.3 is 9.64 Å². The number of hydrogen-bond donors (Lipinski definition) is 0. The molecule has 6 heteroatoms. The first-order chi connectivity index (χ1) is 12.8. The summed E-state index contributed by atoms with van der Waals surface area (Å²) in [6.07, 6.45) is 1.17. The van der Waals surface area contributed by atoms with Gasteiger partial charge in [-0.05, 0) is 30.7 Å². The highest BCUT2D eigenvalue weighted by Gasteiger charge is 2.33. The summed E-state index contributed by atoms with van der Waals surface area (Å²) < 4.78 is 18.6. The maximum absolute atomic E-state index is 13.1. The summed E-state index contributed by atoms with van der Waals surface area (Å²) in [6, 6.07) is 7.62. The summed E-state index contributed by atoms with van der Waals surface area (Å²) in [6.45, 7) is 13.2. The van der Waals surface area contributed by atoms with E-state index in [1.165, 1.54) is 39.1 Å². The molecule has 3 saturated heterocycles. The molecule has 0 unspecified atom stereocenters. The van der Waals surface area contributed by atoms with Crippen LogP contribution in [0.25, 0.3) is 0 Å². The van der Waals surface area contributed by atoms with E-state index in [0.29, 0.717) is 0 Å². The fourth-order valence-electron chi connectivity index (χ4n) is 4.26.